The second-order valence-electron chi connectivity index (χ2n) is 8.02. The lowest BCUT2D eigenvalue weighted by atomic mass is 9.97. The molecule has 0 bridgehead atoms. The first kappa shape index (κ1) is 20.6. The van der Waals surface area contributed by atoms with Crippen molar-refractivity contribution < 1.29 is 13.5 Å². The van der Waals surface area contributed by atoms with Crippen molar-refractivity contribution in [1.82, 2.24) is 14.1 Å². The maximum absolute atomic E-state index is 13.0. The van der Waals surface area contributed by atoms with Gasteiger partial charge in [0, 0.05) is 51.9 Å². The molecule has 0 radical (unpaired) electrons. The van der Waals surface area contributed by atoms with Crippen LogP contribution < -0.4 is 5.46 Å². The zero-order chi connectivity index (χ0) is 20.4. The van der Waals surface area contributed by atoms with Crippen LogP contribution in [0.2, 0.25) is 0 Å². The van der Waals surface area contributed by atoms with Crippen molar-refractivity contribution in [3.05, 3.63) is 60.2 Å². The first-order valence-corrected chi connectivity index (χ1v) is 11.6. The molecule has 1 N–H and O–H groups in total. The number of sulfonamides is 1. The minimum absolute atomic E-state index is 0.0574. The molecule has 0 saturated carbocycles. The highest BCUT2D eigenvalue weighted by molar-refractivity contribution is 7.89. The van der Waals surface area contributed by atoms with Crippen LogP contribution in [0.5, 0.6) is 0 Å². The zero-order valence-corrected chi connectivity index (χ0v) is 17.6. The van der Waals surface area contributed by atoms with Crippen LogP contribution in [0, 0.1) is 0 Å². The van der Waals surface area contributed by atoms with E-state index in [1.807, 2.05) is 38.2 Å². The first-order valence-electron chi connectivity index (χ1n) is 10.2. The molecule has 2 heterocycles. The summed E-state index contributed by atoms with van der Waals surface area (Å²) >= 11 is 0. The van der Waals surface area contributed by atoms with Gasteiger partial charge in [-0.25, -0.2) is 8.42 Å². The quantitative estimate of drug-likeness (QED) is 0.670. The number of piperazine rings is 1. The fourth-order valence-electron chi connectivity index (χ4n) is 4.44. The second kappa shape index (κ2) is 8.57. The van der Waals surface area contributed by atoms with Gasteiger partial charge in [0.2, 0.25) is 10.0 Å². The molecule has 0 spiro atoms. The van der Waals surface area contributed by atoms with Crippen LogP contribution in [0.4, 0.5) is 0 Å². The topological polar surface area (TPSA) is 64.1 Å². The van der Waals surface area contributed by atoms with E-state index in [0.717, 1.165) is 18.6 Å². The minimum Gasteiger partial charge on any atom is -0.390 e. The smallest absolute Gasteiger partial charge is 0.242 e. The van der Waals surface area contributed by atoms with Gasteiger partial charge in [-0.15, -0.1) is 0 Å². The largest absolute Gasteiger partial charge is 0.390 e. The van der Waals surface area contributed by atoms with Gasteiger partial charge in [0.25, 0.3) is 0 Å². The molecule has 29 heavy (non-hydrogen) atoms. The number of nitrogens with zero attached hydrogens (tertiary/aromatic N) is 3. The van der Waals surface area contributed by atoms with E-state index in [0.29, 0.717) is 37.6 Å². The van der Waals surface area contributed by atoms with Gasteiger partial charge in [-0.1, -0.05) is 54.0 Å². The second-order valence-corrected chi connectivity index (χ2v) is 9.93. The van der Waals surface area contributed by atoms with Gasteiger partial charge in [-0.05, 0) is 11.6 Å². The SMILES string of the molecule is Bc1ccccc1S(=O)(=O)N1CCN([C@H]2CN(Cc3ccccc3)C[C@@H]2O)CC1. The van der Waals surface area contributed by atoms with E-state index in [-0.39, 0.29) is 6.04 Å². The molecule has 0 aliphatic carbocycles. The Morgan fingerprint density at radius 1 is 0.931 bits per heavy atom. The van der Waals surface area contributed by atoms with Crippen LogP contribution in [0.3, 0.4) is 0 Å². The molecule has 6 nitrogen and oxygen atoms in total. The summed E-state index contributed by atoms with van der Waals surface area (Å²) in [6, 6.07) is 17.5. The number of aliphatic hydroxyl groups excluding tert-OH is 1. The number of likely N-dealkylation sites (tertiary alicyclic amines) is 1. The number of hydrogen-bond donors (Lipinski definition) is 1. The van der Waals surface area contributed by atoms with Gasteiger partial charge in [0.1, 0.15) is 7.85 Å². The summed E-state index contributed by atoms with van der Waals surface area (Å²) in [4.78, 5) is 4.92. The van der Waals surface area contributed by atoms with E-state index in [9.17, 15) is 13.5 Å². The Labute approximate surface area is 174 Å². The number of aliphatic hydroxyl groups is 1. The lowest BCUT2D eigenvalue weighted by Gasteiger charge is -2.38. The summed E-state index contributed by atoms with van der Waals surface area (Å²) < 4.78 is 27.6. The first-order chi connectivity index (χ1) is 13.9. The summed E-state index contributed by atoms with van der Waals surface area (Å²) in [6.45, 7) is 4.49. The maximum atomic E-state index is 13.0. The molecular weight excluding hydrogens is 385 g/mol. The molecule has 2 fully saturated rings. The molecule has 2 aromatic rings. The summed E-state index contributed by atoms with van der Waals surface area (Å²) in [7, 11) is -1.64. The van der Waals surface area contributed by atoms with Crippen molar-refractivity contribution in [3.63, 3.8) is 0 Å². The molecule has 0 unspecified atom stereocenters. The van der Waals surface area contributed by atoms with Gasteiger partial charge in [0.05, 0.1) is 11.0 Å². The Hall–Kier alpha value is -1.71. The van der Waals surface area contributed by atoms with Crippen molar-refractivity contribution in [3.8, 4) is 0 Å². The van der Waals surface area contributed by atoms with Crippen LogP contribution in [0.1, 0.15) is 5.56 Å². The number of rotatable bonds is 5. The van der Waals surface area contributed by atoms with Gasteiger partial charge >= 0.3 is 0 Å². The monoisotopic (exact) mass is 413 g/mol. The van der Waals surface area contributed by atoms with Crippen molar-refractivity contribution in [2.24, 2.45) is 0 Å². The van der Waals surface area contributed by atoms with Gasteiger partial charge < -0.3 is 5.11 Å². The highest BCUT2D eigenvalue weighted by Gasteiger charge is 2.38. The van der Waals surface area contributed by atoms with E-state index in [1.54, 1.807) is 16.4 Å². The van der Waals surface area contributed by atoms with E-state index in [4.69, 9.17) is 0 Å². The van der Waals surface area contributed by atoms with E-state index in [1.165, 1.54) is 5.56 Å². The molecule has 8 heteroatoms. The Balaban J connectivity index is 1.36. The molecule has 2 saturated heterocycles. The lowest BCUT2D eigenvalue weighted by molar-refractivity contribution is 0.0618. The minimum atomic E-state index is -3.47. The maximum Gasteiger partial charge on any atom is 0.242 e. The van der Waals surface area contributed by atoms with Crippen molar-refractivity contribution in [2.75, 3.05) is 39.3 Å². The fraction of sp³-hybridized carbons (Fsp3) is 0.429. The Bertz CT molecular complexity index is 933. The normalized spacial score (nSPS) is 24.7. The van der Waals surface area contributed by atoms with Gasteiger partial charge in [0.15, 0.2) is 0 Å². The summed E-state index contributed by atoms with van der Waals surface area (Å²) in [5.41, 5.74) is 2.02. The molecule has 4 rings (SSSR count). The Morgan fingerprint density at radius 3 is 2.28 bits per heavy atom. The van der Waals surface area contributed by atoms with Crippen LogP contribution in [-0.4, -0.2) is 86.9 Å². The molecule has 0 amide bonds. The summed E-state index contributed by atoms with van der Waals surface area (Å²) in [6.07, 6.45) is -0.404. The van der Waals surface area contributed by atoms with Crippen molar-refractivity contribution >= 4 is 23.3 Å². The summed E-state index contributed by atoms with van der Waals surface area (Å²) in [5, 5.41) is 10.6. The highest BCUT2D eigenvalue weighted by atomic mass is 32.2. The Morgan fingerprint density at radius 2 is 1.59 bits per heavy atom. The molecular formula is C21H28BN3O3S. The lowest BCUT2D eigenvalue weighted by Crippen LogP contribution is -2.55. The number of β-amino-alcohol motifs (C(OH)–C–C–N with tert-alkyl or cyclic N) is 1. The number of hydrogen-bond acceptors (Lipinski definition) is 5. The molecule has 0 aromatic heterocycles. The van der Waals surface area contributed by atoms with Crippen LogP contribution in [0.15, 0.2) is 59.5 Å². The van der Waals surface area contributed by atoms with Crippen molar-refractivity contribution in [1.29, 1.82) is 0 Å². The van der Waals surface area contributed by atoms with Crippen LogP contribution >= 0.6 is 0 Å². The third-order valence-corrected chi connectivity index (χ3v) is 8.10. The third-order valence-electron chi connectivity index (χ3n) is 6.04. The zero-order valence-electron chi connectivity index (χ0n) is 16.8. The highest BCUT2D eigenvalue weighted by Crippen LogP contribution is 2.22. The predicted molar refractivity (Wildman–Crippen MR) is 116 cm³/mol. The van der Waals surface area contributed by atoms with Gasteiger partial charge in [-0.2, -0.15) is 4.31 Å². The Kier molecular flexibility index (Phi) is 6.08. The molecule has 2 aromatic carbocycles. The van der Waals surface area contributed by atoms with E-state index < -0.39 is 16.1 Å². The molecule has 2 atom stereocenters. The molecule has 2 aliphatic rings. The average molecular weight is 413 g/mol. The van der Waals surface area contributed by atoms with Crippen LogP contribution in [0.25, 0.3) is 0 Å². The van der Waals surface area contributed by atoms with E-state index >= 15 is 0 Å². The fourth-order valence-corrected chi connectivity index (χ4v) is 6.08. The van der Waals surface area contributed by atoms with Crippen molar-refractivity contribution in [2.45, 2.75) is 23.6 Å². The predicted octanol–water partition coefficient (Wildman–Crippen LogP) is -0.503. The van der Waals surface area contributed by atoms with E-state index in [2.05, 4.69) is 21.9 Å². The molecule has 154 valence electrons. The standard InChI is InChI=1S/C21H28BN3O3S/c22-18-8-4-5-9-21(18)29(27,28)25-12-10-24(11-13-25)19-15-23(16-20(19)26)14-17-6-2-1-3-7-17/h1-9,19-20,26H,10-16,22H2/t19-,20-/m0/s1. The summed E-state index contributed by atoms with van der Waals surface area (Å²) in [5.74, 6) is 0. The van der Waals surface area contributed by atoms with Crippen LogP contribution in [-0.2, 0) is 16.6 Å². The number of benzene rings is 2. The van der Waals surface area contributed by atoms with Gasteiger partial charge in [-0.3, -0.25) is 9.80 Å². The third kappa shape index (κ3) is 4.41. The average Bonchev–Trinajstić information content (AvgIpc) is 3.09. The molecule has 2 aliphatic heterocycles.